The van der Waals surface area contributed by atoms with Crippen molar-refractivity contribution in [3.63, 3.8) is 0 Å². The minimum absolute atomic E-state index is 0.0341. The van der Waals surface area contributed by atoms with Gasteiger partial charge >= 0.3 is 11.5 Å². The Morgan fingerprint density at radius 1 is 1.00 bits per heavy atom. The first-order valence-corrected chi connectivity index (χ1v) is 13.1. The van der Waals surface area contributed by atoms with E-state index in [1.807, 2.05) is 0 Å². The van der Waals surface area contributed by atoms with Crippen LogP contribution in [0.1, 0.15) is 28.8 Å². The van der Waals surface area contributed by atoms with E-state index in [0.29, 0.717) is 41.8 Å². The molecule has 0 bridgehead atoms. The number of imide groups is 1. The topological polar surface area (TPSA) is 129 Å². The van der Waals surface area contributed by atoms with Crippen LogP contribution in [0.3, 0.4) is 0 Å². The highest BCUT2D eigenvalue weighted by Crippen LogP contribution is 2.50. The SMILES string of the molecule is O=C(NNc1cnccc1CN1C(=O)N(c2ccc(S(=O)(=O)C(F)(F)F)cc2)C(=O)C12CC2)c1ccccc1. The Hall–Kier alpha value is -4.46. The van der Waals surface area contributed by atoms with Gasteiger partial charge in [0.05, 0.1) is 29.0 Å². The molecule has 0 unspecified atom stereocenters. The molecule has 1 aliphatic carbocycles. The third-order valence-electron chi connectivity index (χ3n) is 6.56. The monoisotopic (exact) mass is 559 g/mol. The predicted molar refractivity (Wildman–Crippen MR) is 132 cm³/mol. The highest BCUT2D eigenvalue weighted by Gasteiger charge is 2.65. The van der Waals surface area contributed by atoms with Crippen molar-refractivity contribution in [2.45, 2.75) is 35.3 Å². The second-order valence-electron chi connectivity index (χ2n) is 8.96. The Labute approximate surface area is 220 Å². The minimum atomic E-state index is -5.58. The van der Waals surface area contributed by atoms with E-state index in [4.69, 9.17) is 0 Å². The number of pyridine rings is 1. The molecule has 1 aromatic heterocycles. The van der Waals surface area contributed by atoms with Gasteiger partial charge in [0.15, 0.2) is 0 Å². The highest BCUT2D eigenvalue weighted by atomic mass is 32.2. The first-order chi connectivity index (χ1) is 18.5. The first kappa shape index (κ1) is 26.2. The number of hydrazine groups is 1. The van der Waals surface area contributed by atoms with E-state index in [9.17, 15) is 36.0 Å². The molecule has 1 saturated carbocycles. The summed E-state index contributed by atoms with van der Waals surface area (Å²) >= 11 is 0. The fraction of sp³-hybridized carbons (Fsp3) is 0.200. The number of sulfone groups is 1. The number of rotatable bonds is 7. The van der Waals surface area contributed by atoms with E-state index >= 15 is 0 Å². The van der Waals surface area contributed by atoms with Crippen molar-refractivity contribution in [2.24, 2.45) is 0 Å². The summed E-state index contributed by atoms with van der Waals surface area (Å²) in [6.45, 7) is -0.0341. The van der Waals surface area contributed by atoms with E-state index in [2.05, 4.69) is 15.8 Å². The molecule has 1 spiro atoms. The molecule has 0 atom stereocenters. The molecule has 202 valence electrons. The molecular formula is C25H20F3N5O5S. The smallest absolute Gasteiger partial charge is 0.305 e. The van der Waals surface area contributed by atoms with Crippen LogP contribution in [0.4, 0.5) is 29.3 Å². The molecule has 2 heterocycles. The van der Waals surface area contributed by atoms with Crippen molar-refractivity contribution in [1.82, 2.24) is 15.3 Å². The van der Waals surface area contributed by atoms with Gasteiger partial charge < -0.3 is 4.90 Å². The maximum absolute atomic E-state index is 13.4. The van der Waals surface area contributed by atoms with Crippen LogP contribution in [0.2, 0.25) is 0 Å². The van der Waals surface area contributed by atoms with Gasteiger partial charge in [0.1, 0.15) is 5.54 Å². The zero-order chi connectivity index (χ0) is 28.0. The summed E-state index contributed by atoms with van der Waals surface area (Å²) in [4.78, 5) is 44.3. The Kier molecular flexibility index (Phi) is 6.29. The van der Waals surface area contributed by atoms with E-state index in [-0.39, 0.29) is 12.2 Å². The van der Waals surface area contributed by atoms with E-state index in [1.165, 1.54) is 17.3 Å². The molecule has 14 heteroatoms. The second-order valence-corrected chi connectivity index (χ2v) is 10.9. The molecule has 2 aliphatic rings. The lowest BCUT2D eigenvalue weighted by Gasteiger charge is -2.23. The van der Waals surface area contributed by atoms with Gasteiger partial charge in [-0.3, -0.25) is 25.4 Å². The number of hydrogen-bond donors (Lipinski definition) is 2. The van der Waals surface area contributed by atoms with Crippen molar-refractivity contribution in [3.8, 4) is 0 Å². The molecule has 5 rings (SSSR count). The van der Waals surface area contributed by atoms with Crippen LogP contribution >= 0.6 is 0 Å². The number of alkyl halides is 3. The number of carbonyl (C=O) groups is 3. The van der Waals surface area contributed by atoms with Gasteiger partial charge in [-0.1, -0.05) is 18.2 Å². The maximum Gasteiger partial charge on any atom is 0.501 e. The van der Waals surface area contributed by atoms with Crippen molar-refractivity contribution >= 4 is 39.1 Å². The summed E-state index contributed by atoms with van der Waals surface area (Å²) in [5, 5.41) is 0. The predicted octanol–water partition coefficient (Wildman–Crippen LogP) is 3.63. The number of urea groups is 1. The lowest BCUT2D eigenvalue weighted by Crippen LogP contribution is -2.37. The summed E-state index contributed by atoms with van der Waals surface area (Å²) in [5.41, 5.74) is 0.0275. The number of nitrogens with one attached hydrogen (secondary N) is 2. The zero-order valence-electron chi connectivity index (χ0n) is 20.0. The normalized spacial score (nSPS) is 16.5. The molecule has 2 fully saturated rings. The molecule has 0 radical (unpaired) electrons. The average Bonchev–Trinajstić information content (AvgIpc) is 3.69. The van der Waals surface area contributed by atoms with Crippen LogP contribution in [0.5, 0.6) is 0 Å². The molecular weight excluding hydrogens is 539 g/mol. The third-order valence-corrected chi connectivity index (χ3v) is 8.06. The molecule has 1 aliphatic heterocycles. The minimum Gasteiger partial charge on any atom is -0.305 e. The van der Waals surface area contributed by atoms with Crippen LogP contribution < -0.4 is 15.8 Å². The Bertz CT molecular complexity index is 1560. The van der Waals surface area contributed by atoms with Crippen molar-refractivity contribution in [2.75, 3.05) is 10.3 Å². The zero-order valence-corrected chi connectivity index (χ0v) is 20.8. The summed E-state index contributed by atoms with van der Waals surface area (Å²) in [6, 6.07) is 12.8. The lowest BCUT2D eigenvalue weighted by molar-refractivity contribution is -0.120. The summed E-state index contributed by atoms with van der Waals surface area (Å²) in [5.74, 6) is -0.960. The van der Waals surface area contributed by atoms with E-state index < -0.39 is 43.6 Å². The van der Waals surface area contributed by atoms with Gasteiger partial charge in [0.25, 0.3) is 21.7 Å². The van der Waals surface area contributed by atoms with Crippen molar-refractivity contribution in [3.05, 3.63) is 84.2 Å². The number of hydrogen-bond acceptors (Lipinski definition) is 7. The second kappa shape index (κ2) is 9.38. The molecule has 4 amide bonds. The van der Waals surface area contributed by atoms with Crippen LogP contribution in [-0.2, 0) is 21.2 Å². The molecule has 2 aromatic carbocycles. The van der Waals surface area contributed by atoms with Crippen molar-refractivity contribution in [1.29, 1.82) is 0 Å². The number of nitrogens with zero attached hydrogens (tertiary/aromatic N) is 3. The number of carbonyl (C=O) groups excluding carboxylic acids is 3. The van der Waals surface area contributed by atoms with E-state index in [0.717, 1.165) is 17.0 Å². The summed E-state index contributed by atoms with van der Waals surface area (Å²) in [7, 11) is -5.58. The van der Waals surface area contributed by atoms with Gasteiger partial charge in [0, 0.05) is 11.8 Å². The molecule has 3 aromatic rings. The fourth-order valence-electron chi connectivity index (χ4n) is 4.30. The standard InChI is InChI=1S/C25H20F3N5O5S/c26-25(27,28)39(37,38)19-8-6-18(7-9-19)33-22(35)24(11-12-24)32(23(33)36)15-17-10-13-29-14-20(17)30-31-21(34)16-4-2-1-3-5-16/h1-10,13-14,30H,11-12,15H2,(H,31,34). The summed E-state index contributed by atoms with van der Waals surface area (Å²) in [6.07, 6.45) is 3.69. The molecule has 2 N–H and O–H groups in total. The van der Waals surface area contributed by atoms with Crippen molar-refractivity contribution < 1.29 is 36.0 Å². The van der Waals surface area contributed by atoms with Crippen LogP contribution in [-0.4, -0.2) is 47.2 Å². The van der Waals surface area contributed by atoms with Crippen LogP contribution in [0.15, 0.2) is 78.0 Å². The van der Waals surface area contributed by atoms with Crippen LogP contribution in [0, 0.1) is 0 Å². The molecule has 39 heavy (non-hydrogen) atoms. The largest absolute Gasteiger partial charge is 0.501 e. The third kappa shape index (κ3) is 4.56. The number of benzene rings is 2. The Morgan fingerprint density at radius 3 is 2.28 bits per heavy atom. The average molecular weight is 560 g/mol. The van der Waals surface area contributed by atoms with Gasteiger partial charge in [-0.05, 0) is 60.9 Å². The molecule has 1 saturated heterocycles. The molecule has 10 nitrogen and oxygen atoms in total. The Morgan fingerprint density at radius 2 is 1.67 bits per heavy atom. The number of anilines is 2. The number of aromatic nitrogens is 1. The number of halogens is 3. The van der Waals surface area contributed by atoms with Gasteiger partial charge in [-0.25, -0.2) is 18.1 Å². The Balaban J connectivity index is 1.36. The maximum atomic E-state index is 13.4. The van der Waals surface area contributed by atoms with E-state index in [1.54, 1.807) is 36.4 Å². The first-order valence-electron chi connectivity index (χ1n) is 11.6. The fourth-order valence-corrected chi connectivity index (χ4v) is 5.06. The lowest BCUT2D eigenvalue weighted by atomic mass is 10.1. The number of amides is 4. The van der Waals surface area contributed by atoms with Gasteiger partial charge in [-0.15, -0.1) is 0 Å². The van der Waals surface area contributed by atoms with Gasteiger partial charge in [0.2, 0.25) is 0 Å². The highest BCUT2D eigenvalue weighted by molar-refractivity contribution is 7.92. The van der Waals surface area contributed by atoms with Gasteiger partial charge in [-0.2, -0.15) is 13.2 Å². The summed E-state index contributed by atoms with van der Waals surface area (Å²) < 4.78 is 62.0. The quantitative estimate of drug-likeness (QED) is 0.334. The van der Waals surface area contributed by atoms with Crippen LogP contribution in [0.25, 0.3) is 0 Å².